The number of nitrogens with zero attached hydrogens (tertiary/aromatic N) is 4. The van der Waals surface area contributed by atoms with Crippen LogP contribution in [0.1, 0.15) is 23.8 Å². The molecule has 2 aromatic heterocycles. The lowest BCUT2D eigenvalue weighted by molar-refractivity contribution is 0.250. The minimum Gasteiger partial charge on any atom is -0.468 e. The monoisotopic (exact) mass is 363 g/mol. The first-order valence-electron chi connectivity index (χ1n) is 9.08. The van der Waals surface area contributed by atoms with Crippen LogP contribution in [0, 0.1) is 11.3 Å². The molecule has 6 heteroatoms. The van der Waals surface area contributed by atoms with E-state index >= 15 is 0 Å². The first-order chi connectivity index (χ1) is 13.2. The molecule has 140 valence electrons. The predicted octanol–water partition coefficient (Wildman–Crippen LogP) is 3.45. The van der Waals surface area contributed by atoms with Crippen LogP contribution >= 0.6 is 0 Å². The number of hydrogen-bond acceptors (Lipinski definition) is 5. The second-order valence-corrected chi connectivity index (χ2v) is 6.67. The molecule has 0 amide bonds. The lowest BCUT2D eigenvalue weighted by Gasteiger charge is -2.22. The largest absolute Gasteiger partial charge is 0.468 e. The van der Waals surface area contributed by atoms with Crippen molar-refractivity contribution in [1.82, 2.24) is 20.0 Å². The van der Waals surface area contributed by atoms with Crippen LogP contribution in [-0.4, -0.2) is 35.3 Å². The number of hydrogen-bond donors (Lipinski definition) is 1. The van der Waals surface area contributed by atoms with E-state index in [0.717, 1.165) is 29.1 Å². The molecular formula is C21H25N5O. The molecule has 1 N–H and O–H groups in total. The number of aryl methyl sites for hydroxylation is 1. The molecule has 1 aromatic carbocycles. The quantitative estimate of drug-likeness (QED) is 0.630. The molecule has 0 radical (unpaired) electrons. The van der Waals surface area contributed by atoms with E-state index in [2.05, 4.69) is 28.4 Å². The van der Waals surface area contributed by atoms with Gasteiger partial charge in [-0.05, 0) is 26.2 Å². The Labute approximate surface area is 160 Å². The summed E-state index contributed by atoms with van der Waals surface area (Å²) >= 11 is 0. The van der Waals surface area contributed by atoms with E-state index in [0.29, 0.717) is 19.5 Å². The number of aromatic nitrogens is 2. The van der Waals surface area contributed by atoms with E-state index in [1.807, 2.05) is 55.3 Å². The molecule has 0 saturated heterocycles. The van der Waals surface area contributed by atoms with Crippen molar-refractivity contribution in [2.24, 2.45) is 0 Å². The van der Waals surface area contributed by atoms with E-state index in [1.165, 1.54) is 0 Å². The Balaban J connectivity index is 1.73. The molecule has 0 aliphatic heterocycles. The van der Waals surface area contributed by atoms with E-state index in [4.69, 9.17) is 14.8 Å². The Morgan fingerprint density at radius 3 is 2.70 bits per heavy atom. The molecule has 0 aliphatic rings. The van der Waals surface area contributed by atoms with Crippen LogP contribution in [0.2, 0.25) is 0 Å². The van der Waals surface area contributed by atoms with Gasteiger partial charge >= 0.3 is 0 Å². The fourth-order valence-electron chi connectivity index (χ4n) is 3.07. The Morgan fingerprint density at radius 1 is 1.22 bits per heavy atom. The van der Waals surface area contributed by atoms with Gasteiger partial charge in [0.2, 0.25) is 0 Å². The fraction of sp³-hybridized carbons (Fsp3) is 0.333. The number of furan rings is 1. The summed E-state index contributed by atoms with van der Waals surface area (Å²) < 4.78 is 7.43. The molecule has 0 spiro atoms. The second-order valence-electron chi connectivity index (χ2n) is 6.67. The van der Waals surface area contributed by atoms with Gasteiger partial charge in [-0.3, -0.25) is 9.58 Å². The van der Waals surface area contributed by atoms with Gasteiger partial charge in [0.25, 0.3) is 0 Å². The van der Waals surface area contributed by atoms with Gasteiger partial charge in [-0.2, -0.15) is 10.4 Å². The van der Waals surface area contributed by atoms with Crippen LogP contribution in [0.4, 0.5) is 0 Å². The summed E-state index contributed by atoms with van der Waals surface area (Å²) in [4.78, 5) is 2.14. The maximum atomic E-state index is 8.85. The molecule has 6 nitrogen and oxygen atoms in total. The zero-order valence-corrected chi connectivity index (χ0v) is 15.8. The summed E-state index contributed by atoms with van der Waals surface area (Å²) in [7, 11) is 4.09. The van der Waals surface area contributed by atoms with E-state index < -0.39 is 0 Å². The third-order valence-electron chi connectivity index (χ3n) is 4.49. The molecule has 0 saturated carbocycles. The average molecular weight is 363 g/mol. The highest BCUT2D eigenvalue weighted by atomic mass is 16.3. The zero-order valence-electron chi connectivity index (χ0n) is 15.8. The van der Waals surface area contributed by atoms with Crippen LogP contribution in [0.5, 0.6) is 0 Å². The Morgan fingerprint density at radius 2 is 2.04 bits per heavy atom. The molecule has 27 heavy (non-hydrogen) atoms. The van der Waals surface area contributed by atoms with Gasteiger partial charge in [0.1, 0.15) is 5.76 Å². The van der Waals surface area contributed by atoms with Crippen molar-refractivity contribution in [2.75, 3.05) is 20.6 Å². The van der Waals surface area contributed by atoms with Crippen molar-refractivity contribution in [1.29, 1.82) is 5.26 Å². The first-order valence-corrected chi connectivity index (χ1v) is 9.08. The van der Waals surface area contributed by atoms with Gasteiger partial charge in [-0.15, -0.1) is 0 Å². The fourth-order valence-corrected chi connectivity index (χ4v) is 3.07. The van der Waals surface area contributed by atoms with Gasteiger partial charge in [0.05, 0.1) is 37.0 Å². The normalized spacial score (nSPS) is 12.2. The topological polar surface area (TPSA) is 70.0 Å². The van der Waals surface area contributed by atoms with E-state index in [1.54, 1.807) is 6.26 Å². The Hall–Kier alpha value is -2.88. The number of rotatable bonds is 9. The van der Waals surface area contributed by atoms with Crippen molar-refractivity contribution >= 4 is 0 Å². The molecule has 2 heterocycles. The number of likely N-dealkylation sites (N-methyl/N-ethyl adjacent to an activating group) is 1. The molecular weight excluding hydrogens is 338 g/mol. The smallest absolute Gasteiger partial charge is 0.122 e. The standard InChI is InChI=1S/C21H25N5O/c1-25(2)19(20-10-6-13-27-20)15-23-14-18-16-26(12-7-11-22)24-21(18)17-8-4-3-5-9-17/h3-6,8-10,13,16,19,23H,7,12,14-15H2,1-2H3. The van der Waals surface area contributed by atoms with E-state index in [9.17, 15) is 0 Å². The van der Waals surface area contributed by atoms with Gasteiger partial charge in [-0.1, -0.05) is 30.3 Å². The van der Waals surface area contributed by atoms with Crippen LogP contribution in [0.25, 0.3) is 11.3 Å². The summed E-state index contributed by atoms with van der Waals surface area (Å²) in [6.07, 6.45) is 4.19. The highest BCUT2D eigenvalue weighted by Gasteiger charge is 2.17. The van der Waals surface area contributed by atoms with Crippen LogP contribution in [0.3, 0.4) is 0 Å². The maximum Gasteiger partial charge on any atom is 0.122 e. The van der Waals surface area contributed by atoms with Crippen molar-refractivity contribution in [3.05, 3.63) is 66.2 Å². The minimum absolute atomic E-state index is 0.161. The number of benzene rings is 1. The average Bonchev–Trinajstić information content (AvgIpc) is 3.34. The SMILES string of the molecule is CN(C)C(CNCc1cn(CCC#N)nc1-c1ccccc1)c1ccco1. The number of nitriles is 1. The molecule has 1 atom stereocenters. The number of nitrogens with one attached hydrogen (secondary N) is 1. The highest BCUT2D eigenvalue weighted by molar-refractivity contribution is 5.62. The molecule has 0 aliphatic carbocycles. The molecule has 1 unspecified atom stereocenters. The summed E-state index contributed by atoms with van der Waals surface area (Å²) in [5.74, 6) is 0.945. The van der Waals surface area contributed by atoms with Gasteiger partial charge in [0, 0.05) is 30.4 Å². The maximum absolute atomic E-state index is 8.85. The Kier molecular flexibility index (Phi) is 6.42. The minimum atomic E-state index is 0.161. The summed E-state index contributed by atoms with van der Waals surface area (Å²) in [6, 6.07) is 16.4. The van der Waals surface area contributed by atoms with Crippen molar-refractivity contribution in [3.8, 4) is 17.3 Å². The highest BCUT2D eigenvalue weighted by Crippen LogP contribution is 2.23. The van der Waals surface area contributed by atoms with Crippen molar-refractivity contribution < 1.29 is 4.42 Å². The van der Waals surface area contributed by atoms with Crippen molar-refractivity contribution in [3.63, 3.8) is 0 Å². The van der Waals surface area contributed by atoms with Crippen molar-refractivity contribution in [2.45, 2.75) is 25.6 Å². The summed E-state index contributed by atoms with van der Waals surface area (Å²) in [5.41, 5.74) is 3.16. The molecule has 3 aromatic rings. The zero-order chi connectivity index (χ0) is 19.1. The van der Waals surface area contributed by atoms with Crippen LogP contribution in [0.15, 0.2) is 59.3 Å². The van der Waals surface area contributed by atoms with E-state index in [-0.39, 0.29) is 6.04 Å². The third-order valence-corrected chi connectivity index (χ3v) is 4.49. The molecule has 0 bridgehead atoms. The lowest BCUT2D eigenvalue weighted by Crippen LogP contribution is -2.30. The molecule has 0 fully saturated rings. The third kappa shape index (κ3) is 4.85. The second kappa shape index (κ2) is 9.17. The van der Waals surface area contributed by atoms with Crippen LogP contribution < -0.4 is 5.32 Å². The van der Waals surface area contributed by atoms with Gasteiger partial charge < -0.3 is 9.73 Å². The van der Waals surface area contributed by atoms with Gasteiger partial charge in [0.15, 0.2) is 0 Å². The van der Waals surface area contributed by atoms with Gasteiger partial charge in [-0.25, -0.2) is 0 Å². The predicted molar refractivity (Wildman–Crippen MR) is 105 cm³/mol. The van der Waals surface area contributed by atoms with Crippen LogP contribution in [-0.2, 0) is 13.1 Å². The summed E-state index contributed by atoms with van der Waals surface area (Å²) in [5, 5.41) is 17.1. The molecule has 3 rings (SSSR count). The summed E-state index contributed by atoms with van der Waals surface area (Å²) in [6.45, 7) is 2.06. The lowest BCUT2D eigenvalue weighted by atomic mass is 10.1. The first kappa shape index (κ1) is 18.9. The Bertz CT molecular complexity index is 862.